The normalized spacial score (nSPS) is 11.0. The van der Waals surface area contributed by atoms with Gasteiger partial charge in [0.25, 0.3) is 0 Å². The van der Waals surface area contributed by atoms with Crippen LogP contribution in [0.2, 0.25) is 0 Å². The SMILES string of the molecule is CCOc1cc(CNCCC(C)C)c(Br)cc1OCc1cccc(C)c1. The third kappa shape index (κ3) is 6.65. The molecule has 3 nitrogen and oxygen atoms in total. The van der Waals surface area contributed by atoms with Gasteiger partial charge in [-0.25, -0.2) is 0 Å². The zero-order valence-corrected chi connectivity index (χ0v) is 17.9. The first-order chi connectivity index (χ1) is 12.5. The van der Waals surface area contributed by atoms with Gasteiger partial charge in [-0.3, -0.25) is 0 Å². The van der Waals surface area contributed by atoms with Crippen LogP contribution in [0.5, 0.6) is 11.5 Å². The summed E-state index contributed by atoms with van der Waals surface area (Å²) in [7, 11) is 0. The summed E-state index contributed by atoms with van der Waals surface area (Å²) in [6.45, 7) is 11.5. The van der Waals surface area contributed by atoms with Crippen LogP contribution in [0.3, 0.4) is 0 Å². The monoisotopic (exact) mass is 419 g/mol. The Morgan fingerprint density at radius 1 is 1.08 bits per heavy atom. The largest absolute Gasteiger partial charge is 0.490 e. The molecule has 0 aliphatic rings. The predicted molar refractivity (Wildman–Crippen MR) is 112 cm³/mol. The van der Waals surface area contributed by atoms with Gasteiger partial charge in [0, 0.05) is 11.0 Å². The molecular formula is C22H30BrNO2. The fourth-order valence-electron chi connectivity index (χ4n) is 2.67. The number of rotatable bonds is 10. The summed E-state index contributed by atoms with van der Waals surface area (Å²) >= 11 is 3.68. The number of nitrogens with one attached hydrogen (secondary N) is 1. The van der Waals surface area contributed by atoms with E-state index in [1.807, 2.05) is 13.0 Å². The average molecular weight is 420 g/mol. The van der Waals surface area contributed by atoms with Gasteiger partial charge in [0.05, 0.1) is 6.61 Å². The summed E-state index contributed by atoms with van der Waals surface area (Å²) < 4.78 is 12.9. The van der Waals surface area contributed by atoms with Crippen LogP contribution < -0.4 is 14.8 Å². The van der Waals surface area contributed by atoms with Gasteiger partial charge in [0.15, 0.2) is 11.5 Å². The quantitative estimate of drug-likeness (QED) is 0.488. The summed E-state index contributed by atoms with van der Waals surface area (Å²) in [6.07, 6.45) is 1.17. The van der Waals surface area contributed by atoms with Crippen molar-refractivity contribution in [3.8, 4) is 11.5 Å². The second-order valence-corrected chi connectivity index (χ2v) is 7.81. The Bertz CT molecular complexity index is 701. The van der Waals surface area contributed by atoms with E-state index in [-0.39, 0.29) is 0 Å². The molecule has 0 bridgehead atoms. The van der Waals surface area contributed by atoms with Gasteiger partial charge in [-0.15, -0.1) is 0 Å². The van der Waals surface area contributed by atoms with Crippen molar-refractivity contribution in [2.45, 2.75) is 47.3 Å². The Hall–Kier alpha value is -1.52. The van der Waals surface area contributed by atoms with E-state index in [0.29, 0.717) is 19.1 Å². The first-order valence-corrected chi connectivity index (χ1v) is 10.1. The lowest BCUT2D eigenvalue weighted by molar-refractivity contribution is 0.268. The van der Waals surface area contributed by atoms with E-state index in [2.05, 4.69) is 72.3 Å². The van der Waals surface area contributed by atoms with Gasteiger partial charge in [0.1, 0.15) is 6.61 Å². The molecule has 2 aromatic rings. The van der Waals surface area contributed by atoms with Crippen molar-refractivity contribution in [3.63, 3.8) is 0 Å². The molecule has 142 valence electrons. The Morgan fingerprint density at radius 2 is 1.85 bits per heavy atom. The van der Waals surface area contributed by atoms with Crippen LogP contribution in [0.15, 0.2) is 40.9 Å². The zero-order chi connectivity index (χ0) is 18.9. The molecule has 2 rings (SSSR count). The van der Waals surface area contributed by atoms with Crippen LogP contribution in [0.4, 0.5) is 0 Å². The molecule has 0 aliphatic carbocycles. The van der Waals surface area contributed by atoms with Crippen molar-refractivity contribution in [1.29, 1.82) is 0 Å². The molecular weight excluding hydrogens is 390 g/mol. The standard InChI is InChI=1S/C22H30BrNO2/c1-5-25-21-12-19(14-24-10-9-16(2)3)20(23)13-22(21)26-15-18-8-6-7-17(4)11-18/h6-8,11-13,16,24H,5,9-10,14-15H2,1-4H3. The van der Waals surface area contributed by atoms with E-state index in [4.69, 9.17) is 9.47 Å². The number of hydrogen-bond donors (Lipinski definition) is 1. The second kappa shape index (κ2) is 10.6. The van der Waals surface area contributed by atoms with E-state index in [1.165, 1.54) is 17.5 Å². The topological polar surface area (TPSA) is 30.5 Å². The predicted octanol–water partition coefficient (Wildman–Crippen LogP) is 5.87. The maximum absolute atomic E-state index is 6.05. The summed E-state index contributed by atoms with van der Waals surface area (Å²) in [4.78, 5) is 0. The minimum atomic E-state index is 0.528. The maximum atomic E-state index is 6.05. The number of benzene rings is 2. The molecule has 0 aliphatic heterocycles. The van der Waals surface area contributed by atoms with Crippen molar-refractivity contribution >= 4 is 15.9 Å². The second-order valence-electron chi connectivity index (χ2n) is 6.96. The molecule has 2 aromatic carbocycles. The minimum Gasteiger partial charge on any atom is -0.490 e. The number of ether oxygens (including phenoxy) is 2. The lowest BCUT2D eigenvalue weighted by Crippen LogP contribution is -2.16. The third-order valence-electron chi connectivity index (χ3n) is 4.10. The highest BCUT2D eigenvalue weighted by atomic mass is 79.9. The molecule has 1 N–H and O–H groups in total. The van der Waals surface area contributed by atoms with Crippen molar-refractivity contribution in [2.24, 2.45) is 5.92 Å². The summed E-state index contributed by atoms with van der Waals surface area (Å²) in [5, 5.41) is 3.50. The molecule has 0 heterocycles. The smallest absolute Gasteiger partial charge is 0.162 e. The van der Waals surface area contributed by atoms with E-state index >= 15 is 0 Å². The Morgan fingerprint density at radius 3 is 2.54 bits per heavy atom. The van der Waals surface area contributed by atoms with Gasteiger partial charge >= 0.3 is 0 Å². The van der Waals surface area contributed by atoms with E-state index < -0.39 is 0 Å². The minimum absolute atomic E-state index is 0.528. The number of aryl methyl sites for hydroxylation is 1. The van der Waals surface area contributed by atoms with Gasteiger partial charge in [-0.05, 0) is 56.0 Å². The highest BCUT2D eigenvalue weighted by Crippen LogP contribution is 2.34. The van der Waals surface area contributed by atoms with Crippen LogP contribution in [0.25, 0.3) is 0 Å². The molecule has 26 heavy (non-hydrogen) atoms. The molecule has 0 unspecified atom stereocenters. The molecule has 0 fully saturated rings. The van der Waals surface area contributed by atoms with Crippen molar-refractivity contribution in [1.82, 2.24) is 5.32 Å². The fraction of sp³-hybridized carbons (Fsp3) is 0.455. The average Bonchev–Trinajstić information content (AvgIpc) is 2.59. The summed E-state index contributed by atoms with van der Waals surface area (Å²) in [5.74, 6) is 2.28. The maximum Gasteiger partial charge on any atom is 0.162 e. The Balaban J connectivity index is 2.06. The van der Waals surface area contributed by atoms with Crippen LogP contribution >= 0.6 is 15.9 Å². The highest BCUT2D eigenvalue weighted by Gasteiger charge is 2.11. The van der Waals surface area contributed by atoms with E-state index in [0.717, 1.165) is 34.6 Å². The summed E-state index contributed by atoms with van der Waals surface area (Å²) in [5.41, 5.74) is 3.57. The van der Waals surface area contributed by atoms with E-state index in [9.17, 15) is 0 Å². The zero-order valence-electron chi connectivity index (χ0n) is 16.3. The van der Waals surface area contributed by atoms with Crippen molar-refractivity contribution in [3.05, 3.63) is 57.6 Å². The Kier molecular flexibility index (Phi) is 8.46. The molecule has 0 aromatic heterocycles. The molecule has 0 spiro atoms. The van der Waals surface area contributed by atoms with Crippen LogP contribution in [0, 0.1) is 12.8 Å². The molecule has 0 amide bonds. The highest BCUT2D eigenvalue weighted by molar-refractivity contribution is 9.10. The molecule has 4 heteroatoms. The third-order valence-corrected chi connectivity index (χ3v) is 4.84. The van der Waals surface area contributed by atoms with Crippen molar-refractivity contribution in [2.75, 3.05) is 13.2 Å². The van der Waals surface area contributed by atoms with Gasteiger partial charge in [-0.1, -0.05) is 59.6 Å². The van der Waals surface area contributed by atoms with Gasteiger partial charge in [-0.2, -0.15) is 0 Å². The molecule has 0 saturated heterocycles. The lowest BCUT2D eigenvalue weighted by Gasteiger charge is -2.16. The number of halogens is 1. The lowest BCUT2D eigenvalue weighted by atomic mass is 10.1. The first kappa shape index (κ1) is 20.8. The van der Waals surface area contributed by atoms with Crippen LogP contribution in [-0.2, 0) is 13.2 Å². The Labute approximate surface area is 166 Å². The van der Waals surface area contributed by atoms with Gasteiger partial charge in [0.2, 0.25) is 0 Å². The van der Waals surface area contributed by atoms with Crippen molar-refractivity contribution < 1.29 is 9.47 Å². The van der Waals surface area contributed by atoms with Gasteiger partial charge < -0.3 is 14.8 Å². The molecule has 0 atom stereocenters. The molecule has 0 saturated carbocycles. The van der Waals surface area contributed by atoms with Crippen LogP contribution in [-0.4, -0.2) is 13.2 Å². The van der Waals surface area contributed by atoms with Crippen LogP contribution in [0.1, 0.15) is 43.9 Å². The number of hydrogen-bond acceptors (Lipinski definition) is 3. The fourth-order valence-corrected chi connectivity index (χ4v) is 3.13. The molecule has 0 radical (unpaired) electrons. The first-order valence-electron chi connectivity index (χ1n) is 9.33. The van der Waals surface area contributed by atoms with E-state index in [1.54, 1.807) is 0 Å². The summed E-state index contributed by atoms with van der Waals surface area (Å²) in [6, 6.07) is 12.5.